The minimum Gasteiger partial charge on any atom is -0.269 e. The molecule has 0 bridgehead atoms. The number of aromatic nitrogens is 3. The molecule has 28 heavy (non-hydrogen) atoms. The summed E-state index contributed by atoms with van der Waals surface area (Å²) < 4.78 is 29.3. The minimum absolute atomic E-state index is 0.116. The van der Waals surface area contributed by atoms with Crippen molar-refractivity contribution in [1.82, 2.24) is 14.5 Å². The second kappa shape index (κ2) is 7.16. The zero-order valence-corrected chi connectivity index (χ0v) is 15.9. The van der Waals surface area contributed by atoms with E-state index in [9.17, 15) is 13.6 Å². The largest absolute Gasteiger partial charge is 0.269 e. The lowest BCUT2D eigenvalue weighted by Crippen LogP contribution is -2.20. The van der Waals surface area contributed by atoms with E-state index in [0.29, 0.717) is 27.4 Å². The number of nitrogens with zero attached hydrogens (tertiary/aromatic N) is 3. The average molecular weight is 395 g/mol. The molecule has 0 N–H and O–H groups in total. The van der Waals surface area contributed by atoms with Gasteiger partial charge in [0.05, 0.1) is 11.4 Å². The molecule has 4 aromatic rings. The maximum absolute atomic E-state index is 14.4. The van der Waals surface area contributed by atoms with Gasteiger partial charge in [-0.1, -0.05) is 23.9 Å². The number of hydrogen-bond acceptors (Lipinski definition) is 4. The molecule has 0 aliphatic rings. The van der Waals surface area contributed by atoms with Crippen LogP contribution >= 0.6 is 11.8 Å². The van der Waals surface area contributed by atoms with Crippen LogP contribution < -0.4 is 5.56 Å². The second-order valence-electron chi connectivity index (χ2n) is 6.21. The molecule has 0 spiro atoms. The van der Waals surface area contributed by atoms with Gasteiger partial charge in [0.25, 0.3) is 5.56 Å². The summed E-state index contributed by atoms with van der Waals surface area (Å²) in [6.45, 7) is 1.79. The van der Waals surface area contributed by atoms with E-state index in [4.69, 9.17) is 0 Å². The first kappa shape index (κ1) is 18.3. The van der Waals surface area contributed by atoms with Crippen molar-refractivity contribution in [2.45, 2.75) is 12.1 Å². The number of rotatable bonds is 3. The second-order valence-corrected chi connectivity index (χ2v) is 6.99. The van der Waals surface area contributed by atoms with E-state index in [-0.39, 0.29) is 11.5 Å². The monoisotopic (exact) mass is 395 g/mol. The molecule has 2 aromatic heterocycles. The highest BCUT2D eigenvalue weighted by atomic mass is 32.2. The number of fused-ring (bicyclic) bond motifs is 1. The summed E-state index contributed by atoms with van der Waals surface area (Å²) in [5.41, 5.74) is 2.02. The first-order valence-corrected chi connectivity index (χ1v) is 9.71. The van der Waals surface area contributed by atoms with Gasteiger partial charge in [-0.3, -0.25) is 9.36 Å². The third-order valence-corrected chi connectivity index (χ3v) is 5.00. The SMILES string of the molecule is CSc1nc(-c2ccc(F)cc2C)c2ccc(=O)n(-c3ccccc3F)c2n1. The van der Waals surface area contributed by atoms with Gasteiger partial charge in [-0.25, -0.2) is 18.7 Å². The third-order valence-electron chi connectivity index (χ3n) is 4.45. The van der Waals surface area contributed by atoms with E-state index >= 15 is 0 Å². The summed E-state index contributed by atoms with van der Waals surface area (Å²) in [6.07, 6.45) is 1.82. The lowest BCUT2D eigenvalue weighted by Gasteiger charge is -2.14. The normalized spacial score (nSPS) is 11.1. The molecule has 2 heterocycles. The Morgan fingerprint density at radius 3 is 2.50 bits per heavy atom. The van der Waals surface area contributed by atoms with Gasteiger partial charge in [0.15, 0.2) is 10.8 Å². The van der Waals surface area contributed by atoms with Crippen LogP contribution in [0.15, 0.2) is 64.5 Å². The summed E-state index contributed by atoms with van der Waals surface area (Å²) >= 11 is 1.31. The fourth-order valence-corrected chi connectivity index (χ4v) is 3.51. The molecule has 2 aromatic carbocycles. The summed E-state index contributed by atoms with van der Waals surface area (Å²) in [4.78, 5) is 21.7. The highest BCUT2D eigenvalue weighted by molar-refractivity contribution is 7.98. The van der Waals surface area contributed by atoms with Gasteiger partial charge in [-0.15, -0.1) is 0 Å². The fourth-order valence-electron chi connectivity index (χ4n) is 3.15. The lowest BCUT2D eigenvalue weighted by atomic mass is 10.0. The van der Waals surface area contributed by atoms with Crippen LogP contribution in [0.1, 0.15) is 5.56 Å². The van der Waals surface area contributed by atoms with E-state index in [1.165, 1.54) is 46.7 Å². The molecule has 4 rings (SSSR count). The topological polar surface area (TPSA) is 47.8 Å². The molecular weight excluding hydrogens is 380 g/mol. The van der Waals surface area contributed by atoms with Crippen LogP contribution in [-0.2, 0) is 0 Å². The highest BCUT2D eigenvalue weighted by Gasteiger charge is 2.17. The third kappa shape index (κ3) is 3.07. The molecule has 140 valence electrons. The Labute approximate surface area is 163 Å². The zero-order valence-electron chi connectivity index (χ0n) is 15.1. The van der Waals surface area contributed by atoms with E-state index in [2.05, 4.69) is 9.97 Å². The molecular formula is C21H15F2N3OS. The first-order chi connectivity index (χ1) is 13.5. The van der Waals surface area contributed by atoms with Gasteiger partial charge in [0, 0.05) is 17.0 Å². The Kier molecular flexibility index (Phi) is 4.68. The van der Waals surface area contributed by atoms with Crippen molar-refractivity contribution in [3.8, 4) is 16.9 Å². The predicted octanol–water partition coefficient (Wildman–Crippen LogP) is 4.76. The van der Waals surface area contributed by atoms with Crippen molar-refractivity contribution in [3.63, 3.8) is 0 Å². The maximum atomic E-state index is 14.4. The Balaban J connectivity index is 2.13. The van der Waals surface area contributed by atoms with E-state index < -0.39 is 11.4 Å². The molecule has 0 radical (unpaired) electrons. The number of halogens is 2. The van der Waals surface area contributed by atoms with Gasteiger partial charge in [0.2, 0.25) is 0 Å². The van der Waals surface area contributed by atoms with Crippen molar-refractivity contribution in [2.24, 2.45) is 0 Å². The van der Waals surface area contributed by atoms with Crippen molar-refractivity contribution < 1.29 is 8.78 Å². The summed E-state index contributed by atoms with van der Waals surface area (Å²) in [5, 5.41) is 1.01. The molecule has 0 aliphatic heterocycles. The lowest BCUT2D eigenvalue weighted by molar-refractivity contribution is 0.617. The molecule has 0 saturated carbocycles. The van der Waals surface area contributed by atoms with Gasteiger partial charge >= 0.3 is 0 Å². The van der Waals surface area contributed by atoms with Gasteiger partial charge in [0.1, 0.15) is 11.6 Å². The standard InChI is InChI=1S/C21H15F2N3OS/c1-12-11-13(22)7-8-14(12)19-15-9-10-18(27)26(17-6-4-3-5-16(17)23)20(15)25-21(24-19)28-2/h3-11H,1-2H3. The van der Waals surface area contributed by atoms with Gasteiger partial charge < -0.3 is 0 Å². The number of para-hydroxylation sites is 1. The Morgan fingerprint density at radius 2 is 1.79 bits per heavy atom. The zero-order chi connectivity index (χ0) is 19.8. The summed E-state index contributed by atoms with van der Waals surface area (Å²) in [7, 11) is 0. The molecule has 0 unspecified atom stereocenters. The van der Waals surface area contributed by atoms with Crippen LogP contribution in [0.2, 0.25) is 0 Å². The van der Waals surface area contributed by atoms with Crippen LogP contribution in [-0.4, -0.2) is 20.8 Å². The Morgan fingerprint density at radius 1 is 1.00 bits per heavy atom. The average Bonchev–Trinajstić information content (AvgIpc) is 2.68. The number of pyridine rings is 1. The van der Waals surface area contributed by atoms with Crippen LogP contribution in [0.3, 0.4) is 0 Å². The Bertz CT molecular complexity index is 1270. The Hall–Kier alpha value is -3.06. The van der Waals surface area contributed by atoms with Crippen LogP contribution in [0.25, 0.3) is 28.0 Å². The number of thioether (sulfide) groups is 1. The van der Waals surface area contributed by atoms with Crippen LogP contribution in [0.5, 0.6) is 0 Å². The predicted molar refractivity (Wildman–Crippen MR) is 107 cm³/mol. The molecule has 0 fully saturated rings. The number of benzene rings is 2. The van der Waals surface area contributed by atoms with E-state index in [1.807, 2.05) is 6.26 Å². The number of hydrogen-bond donors (Lipinski definition) is 0. The minimum atomic E-state index is -0.527. The van der Waals surface area contributed by atoms with Crippen molar-refractivity contribution >= 4 is 22.8 Å². The van der Waals surface area contributed by atoms with Crippen molar-refractivity contribution in [1.29, 1.82) is 0 Å². The number of aryl methyl sites for hydroxylation is 1. The summed E-state index contributed by atoms with van der Waals surface area (Å²) in [5.74, 6) is -0.867. The smallest absolute Gasteiger partial charge is 0.256 e. The summed E-state index contributed by atoms with van der Waals surface area (Å²) in [6, 6.07) is 13.5. The van der Waals surface area contributed by atoms with Crippen LogP contribution in [0.4, 0.5) is 8.78 Å². The first-order valence-electron chi connectivity index (χ1n) is 8.49. The molecule has 0 amide bonds. The maximum Gasteiger partial charge on any atom is 0.256 e. The molecule has 0 atom stereocenters. The highest BCUT2D eigenvalue weighted by Crippen LogP contribution is 2.31. The molecule has 0 saturated heterocycles. The quantitative estimate of drug-likeness (QED) is 0.371. The van der Waals surface area contributed by atoms with Crippen LogP contribution in [0, 0.1) is 18.6 Å². The van der Waals surface area contributed by atoms with Gasteiger partial charge in [-0.2, -0.15) is 0 Å². The molecule has 0 aliphatic carbocycles. The molecule has 4 nitrogen and oxygen atoms in total. The van der Waals surface area contributed by atoms with Gasteiger partial charge in [-0.05, 0) is 55.1 Å². The van der Waals surface area contributed by atoms with E-state index in [0.717, 1.165) is 5.56 Å². The van der Waals surface area contributed by atoms with Crippen molar-refractivity contribution in [2.75, 3.05) is 6.26 Å². The fraction of sp³-hybridized carbons (Fsp3) is 0.0952. The van der Waals surface area contributed by atoms with Crippen molar-refractivity contribution in [3.05, 3.63) is 82.1 Å². The molecule has 7 heteroatoms. The van der Waals surface area contributed by atoms with E-state index in [1.54, 1.807) is 31.2 Å².